The number of hydrogen-bond donors (Lipinski definition) is 1. The van der Waals surface area contributed by atoms with Crippen molar-refractivity contribution >= 4 is 11.6 Å². The summed E-state index contributed by atoms with van der Waals surface area (Å²) >= 11 is 0. The van der Waals surface area contributed by atoms with Crippen LogP contribution in [0.1, 0.15) is 27.2 Å². The monoisotopic (exact) mass is 342 g/mol. The molecule has 1 aromatic carbocycles. The van der Waals surface area contributed by atoms with Crippen molar-refractivity contribution in [3.8, 4) is 23.4 Å². The van der Waals surface area contributed by atoms with Gasteiger partial charge >= 0.3 is 0 Å². The summed E-state index contributed by atoms with van der Waals surface area (Å²) in [5.74, 6) is -0.387. The van der Waals surface area contributed by atoms with E-state index >= 15 is 0 Å². The minimum atomic E-state index is -0.387. The molecule has 0 aliphatic heterocycles. The van der Waals surface area contributed by atoms with Crippen molar-refractivity contribution in [2.24, 2.45) is 7.05 Å². The van der Waals surface area contributed by atoms with Gasteiger partial charge in [0.05, 0.1) is 23.0 Å². The van der Waals surface area contributed by atoms with Crippen LogP contribution in [-0.2, 0) is 7.05 Å². The number of aryl methyl sites for hydroxylation is 2. The SMILES string of the molecule is Cc1ccc(-c2cnn(C)c2)nc1C(=O)Nc1ccc(C#N)c(C#N)c1. The molecular formula is C19H14N6O. The molecule has 0 aliphatic carbocycles. The van der Waals surface area contributed by atoms with E-state index in [9.17, 15) is 4.79 Å². The second kappa shape index (κ2) is 6.88. The molecular weight excluding hydrogens is 328 g/mol. The number of hydrogen-bond acceptors (Lipinski definition) is 5. The van der Waals surface area contributed by atoms with Crippen molar-refractivity contribution in [2.45, 2.75) is 6.92 Å². The van der Waals surface area contributed by atoms with Crippen LogP contribution in [-0.4, -0.2) is 20.7 Å². The van der Waals surface area contributed by atoms with Crippen LogP contribution in [0, 0.1) is 29.6 Å². The normalized spacial score (nSPS) is 10.0. The third-order valence-corrected chi connectivity index (χ3v) is 3.83. The summed E-state index contributed by atoms with van der Waals surface area (Å²) < 4.78 is 1.66. The van der Waals surface area contributed by atoms with Crippen molar-refractivity contribution in [2.75, 3.05) is 5.32 Å². The molecule has 0 atom stereocenters. The number of carbonyl (C=O) groups excluding carboxylic acids is 1. The Labute approximate surface area is 150 Å². The van der Waals surface area contributed by atoms with Crippen LogP contribution in [0.5, 0.6) is 0 Å². The van der Waals surface area contributed by atoms with Crippen molar-refractivity contribution in [3.63, 3.8) is 0 Å². The third kappa shape index (κ3) is 3.28. The van der Waals surface area contributed by atoms with Crippen LogP contribution in [0.3, 0.4) is 0 Å². The van der Waals surface area contributed by atoms with Crippen molar-refractivity contribution in [3.05, 3.63) is 65.1 Å². The number of nitrogens with zero attached hydrogens (tertiary/aromatic N) is 5. The smallest absolute Gasteiger partial charge is 0.274 e. The van der Waals surface area contributed by atoms with E-state index in [-0.39, 0.29) is 22.7 Å². The first kappa shape index (κ1) is 16.9. The number of nitrogens with one attached hydrogen (secondary N) is 1. The Morgan fingerprint density at radius 2 is 1.92 bits per heavy atom. The molecule has 0 unspecified atom stereocenters. The first-order chi connectivity index (χ1) is 12.5. The number of rotatable bonds is 3. The fourth-order valence-corrected chi connectivity index (χ4v) is 2.48. The predicted molar refractivity (Wildman–Crippen MR) is 95.0 cm³/mol. The summed E-state index contributed by atoms with van der Waals surface area (Å²) in [6.45, 7) is 1.80. The summed E-state index contributed by atoms with van der Waals surface area (Å²) in [5, 5.41) is 24.9. The number of anilines is 1. The Hall–Kier alpha value is -3.97. The largest absolute Gasteiger partial charge is 0.321 e. The summed E-state index contributed by atoms with van der Waals surface area (Å²) in [6.07, 6.45) is 3.50. The van der Waals surface area contributed by atoms with E-state index in [1.807, 2.05) is 37.5 Å². The zero-order valence-corrected chi connectivity index (χ0v) is 14.2. The molecule has 0 aliphatic rings. The summed E-state index contributed by atoms with van der Waals surface area (Å²) in [6, 6.07) is 12.1. The molecule has 3 rings (SSSR count). The van der Waals surface area contributed by atoms with Crippen LogP contribution >= 0.6 is 0 Å². The number of aromatic nitrogens is 3. The predicted octanol–water partition coefficient (Wildman–Crippen LogP) is 2.79. The first-order valence-electron chi connectivity index (χ1n) is 7.74. The van der Waals surface area contributed by atoms with Gasteiger partial charge < -0.3 is 5.32 Å². The second-order valence-corrected chi connectivity index (χ2v) is 5.70. The molecule has 0 bridgehead atoms. The molecule has 0 saturated carbocycles. The lowest BCUT2D eigenvalue weighted by Crippen LogP contribution is -2.15. The van der Waals surface area contributed by atoms with Crippen LogP contribution in [0.15, 0.2) is 42.7 Å². The lowest BCUT2D eigenvalue weighted by atomic mass is 10.1. The highest BCUT2D eigenvalue weighted by molar-refractivity contribution is 6.04. The lowest BCUT2D eigenvalue weighted by molar-refractivity contribution is 0.102. The van der Waals surface area contributed by atoms with E-state index in [1.165, 1.54) is 12.1 Å². The average Bonchev–Trinajstić information content (AvgIpc) is 3.08. The molecule has 0 spiro atoms. The standard InChI is InChI=1S/C19H14N6O/c1-12-3-6-17(15-10-22-25(2)11-15)24-18(12)19(26)23-16-5-4-13(8-20)14(7-16)9-21/h3-7,10-11H,1-2H3,(H,23,26). The highest BCUT2D eigenvalue weighted by Gasteiger charge is 2.14. The average molecular weight is 342 g/mol. The van der Waals surface area contributed by atoms with E-state index in [4.69, 9.17) is 10.5 Å². The van der Waals surface area contributed by atoms with E-state index < -0.39 is 0 Å². The van der Waals surface area contributed by atoms with E-state index in [1.54, 1.807) is 23.9 Å². The summed E-state index contributed by atoms with van der Waals surface area (Å²) in [7, 11) is 1.81. The molecule has 0 saturated heterocycles. The van der Waals surface area contributed by atoms with Gasteiger partial charge in [-0.2, -0.15) is 15.6 Å². The van der Waals surface area contributed by atoms with Gasteiger partial charge in [-0.25, -0.2) is 4.98 Å². The fraction of sp³-hybridized carbons (Fsp3) is 0.105. The quantitative estimate of drug-likeness (QED) is 0.787. The molecule has 0 radical (unpaired) electrons. The summed E-state index contributed by atoms with van der Waals surface area (Å²) in [5.41, 5.74) is 3.37. The molecule has 2 aromatic heterocycles. The highest BCUT2D eigenvalue weighted by atomic mass is 16.1. The van der Waals surface area contributed by atoms with Gasteiger partial charge in [0, 0.05) is 24.5 Å². The van der Waals surface area contributed by atoms with E-state index in [0.29, 0.717) is 11.4 Å². The maximum absolute atomic E-state index is 12.6. The molecule has 3 aromatic rings. The number of pyridine rings is 1. The molecule has 0 fully saturated rings. The van der Waals surface area contributed by atoms with Crippen molar-refractivity contribution < 1.29 is 4.79 Å². The lowest BCUT2D eigenvalue weighted by Gasteiger charge is -2.09. The molecule has 26 heavy (non-hydrogen) atoms. The van der Waals surface area contributed by atoms with E-state index in [2.05, 4.69) is 15.4 Å². The minimum Gasteiger partial charge on any atom is -0.321 e. The highest BCUT2D eigenvalue weighted by Crippen LogP contribution is 2.20. The molecule has 2 heterocycles. The Balaban J connectivity index is 1.91. The van der Waals surface area contributed by atoms with Gasteiger partial charge in [-0.05, 0) is 36.8 Å². The van der Waals surface area contributed by atoms with Gasteiger partial charge in [-0.1, -0.05) is 6.07 Å². The Kier molecular flexibility index (Phi) is 4.46. The van der Waals surface area contributed by atoms with Crippen LogP contribution < -0.4 is 5.32 Å². The molecule has 1 amide bonds. The van der Waals surface area contributed by atoms with Gasteiger partial charge in [0.1, 0.15) is 17.8 Å². The molecule has 7 nitrogen and oxygen atoms in total. The number of amides is 1. The van der Waals surface area contributed by atoms with Crippen LogP contribution in [0.2, 0.25) is 0 Å². The van der Waals surface area contributed by atoms with Gasteiger partial charge in [-0.15, -0.1) is 0 Å². The van der Waals surface area contributed by atoms with E-state index in [0.717, 1.165) is 11.1 Å². The fourth-order valence-electron chi connectivity index (χ4n) is 2.48. The topological polar surface area (TPSA) is 107 Å². The van der Waals surface area contributed by atoms with Gasteiger partial charge in [0.2, 0.25) is 0 Å². The third-order valence-electron chi connectivity index (χ3n) is 3.83. The molecule has 126 valence electrons. The second-order valence-electron chi connectivity index (χ2n) is 5.70. The van der Waals surface area contributed by atoms with Gasteiger partial charge in [0.25, 0.3) is 5.91 Å². The van der Waals surface area contributed by atoms with Crippen LogP contribution in [0.4, 0.5) is 5.69 Å². The maximum Gasteiger partial charge on any atom is 0.274 e. The van der Waals surface area contributed by atoms with Crippen LogP contribution in [0.25, 0.3) is 11.3 Å². The zero-order valence-electron chi connectivity index (χ0n) is 14.2. The summed E-state index contributed by atoms with van der Waals surface area (Å²) in [4.78, 5) is 17.1. The van der Waals surface area contributed by atoms with Gasteiger partial charge in [-0.3, -0.25) is 9.48 Å². The number of benzene rings is 1. The Bertz CT molecular complexity index is 1080. The number of carbonyl (C=O) groups is 1. The van der Waals surface area contributed by atoms with Gasteiger partial charge in [0.15, 0.2) is 0 Å². The minimum absolute atomic E-state index is 0.207. The zero-order chi connectivity index (χ0) is 18.7. The molecule has 1 N–H and O–H groups in total. The Morgan fingerprint density at radius 3 is 2.58 bits per heavy atom. The van der Waals surface area contributed by atoms with Crippen molar-refractivity contribution in [1.82, 2.24) is 14.8 Å². The van der Waals surface area contributed by atoms with Crippen molar-refractivity contribution in [1.29, 1.82) is 10.5 Å². The molecule has 7 heteroatoms. The maximum atomic E-state index is 12.6. The Morgan fingerprint density at radius 1 is 1.15 bits per heavy atom. The number of nitriles is 2. The first-order valence-corrected chi connectivity index (χ1v) is 7.74.